The number of hydrogen-bond donors (Lipinski definition) is 1. The molecule has 1 N–H and O–H groups in total. The molecule has 3 rings (SSSR count). The molecule has 0 bridgehead atoms. The van der Waals surface area contributed by atoms with Crippen LogP contribution in [0.4, 0.5) is 14.5 Å². The summed E-state index contributed by atoms with van der Waals surface area (Å²) in [4.78, 5) is 16.1. The van der Waals surface area contributed by atoms with Crippen molar-refractivity contribution in [3.8, 4) is 11.4 Å². The summed E-state index contributed by atoms with van der Waals surface area (Å²) in [5.74, 6) is -0.388. The largest absolute Gasteiger partial charge is 0.339 e. The van der Waals surface area contributed by atoms with Gasteiger partial charge in [-0.2, -0.15) is 4.98 Å². The molecule has 0 atom stereocenters. The van der Waals surface area contributed by atoms with Crippen molar-refractivity contribution in [3.63, 3.8) is 0 Å². The molecule has 0 aliphatic heterocycles. The molecule has 0 spiro atoms. The van der Waals surface area contributed by atoms with E-state index in [4.69, 9.17) is 4.52 Å². The van der Waals surface area contributed by atoms with E-state index in [9.17, 15) is 13.6 Å². The molecule has 0 aliphatic rings. The lowest BCUT2D eigenvalue weighted by Gasteiger charge is -2.05. The van der Waals surface area contributed by atoms with Crippen molar-refractivity contribution in [1.29, 1.82) is 0 Å². The van der Waals surface area contributed by atoms with Crippen molar-refractivity contribution < 1.29 is 18.1 Å². The van der Waals surface area contributed by atoms with Gasteiger partial charge in [0.25, 0.3) is 0 Å². The summed E-state index contributed by atoms with van der Waals surface area (Å²) < 4.78 is 31.5. The quantitative estimate of drug-likeness (QED) is 0.763. The van der Waals surface area contributed by atoms with Crippen LogP contribution in [-0.2, 0) is 11.2 Å². The third-order valence-corrected chi connectivity index (χ3v) is 3.59. The van der Waals surface area contributed by atoms with E-state index in [1.807, 2.05) is 0 Å². The summed E-state index contributed by atoms with van der Waals surface area (Å²) in [7, 11) is 0. The average Bonchev–Trinajstić information content (AvgIpc) is 3.06. The number of halogens is 2. The van der Waals surface area contributed by atoms with E-state index in [1.54, 1.807) is 31.2 Å². The van der Waals surface area contributed by atoms with Crippen molar-refractivity contribution in [1.82, 2.24) is 10.1 Å². The van der Waals surface area contributed by atoms with Gasteiger partial charge in [0, 0.05) is 24.1 Å². The van der Waals surface area contributed by atoms with E-state index >= 15 is 0 Å². The smallest absolute Gasteiger partial charge is 0.227 e. The Hall–Kier alpha value is -3.09. The number of benzene rings is 2. The SMILES string of the molecule is Cc1ccc(NC(=O)CCc2nc(-c3ccc(F)cc3)no2)cc1F. The van der Waals surface area contributed by atoms with Gasteiger partial charge in [-0.3, -0.25) is 4.79 Å². The molecule has 2 aromatic carbocycles. The molecule has 0 saturated carbocycles. The lowest BCUT2D eigenvalue weighted by molar-refractivity contribution is -0.116. The van der Waals surface area contributed by atoms with E-state index in [1.165, 1.54) is 18.2 Å². The first-order chi connectivity index (χ1) is 12.0. The van der Waals surface area contributed by atoms with E-state index in [0.717, 1.165) is 0 Å². The van der Waals surface area contributed by atoms with Gasteiger partial charge in [0.15, 0.2) is 0 Å². The van der Waals surface area contributed by atoms with Gasteiger partial charge in [-0.1, -0.05) is 11.2 Å². The molecule has 0 aliphatic carbocycles. The predicted octanol–water partition coefficient (Wildman–Crippen LogP) is 3.89. The van der Waals surface area contributed by atoms with Crippen LogP contribution in [0.3, 0.4) is 0 Å². The van der Waals surface area contributed by atoms with E-state index in [2.05, 4.69) is 15.5 Å². The molecule has 0 radical (unpaired) electrons. The maximum absolute atomic E-state index is 13.5. The number of amides is 1. The van der Waals surface area contributed by atoms with E-state index in [-0.39, 0.29) is 30.4 Å². The summed E-state index contributed by atoms with van der Waals surface area (Å²) in [5, 5.41) is 6.42. The Morgan fingerprint density at radius 3 is 2.64 bits per heavy atom. The minimum Gasteiger partial charge on any atom is -0.339 e. The van der Waals surface area contributed by atoms with Crippen LogP contribution in [0.2, 0.25) is 0 Å². The summed E-state index contributed by atoms with van der Waals surface area (Å²) >= 11 is 0. The summed E-state index contributed by atoms with van der Waals surface area (Å²) in [5.41, 5.74) is 1.53. The number of nitrogens with zero attached hydrogens (tertiary/aromatic N) is 2. The monoisotopic (exact) mass is 343 g/mol. The fraction of sp³-hybridized carbons (Fsp3) is 0.167. The number of carbonyl (C=O) groups excluding carboxylic acids is 1. The zero-order valence-corrected chi connectivity index (χ0v) is 13.4. The number of aryl methyl sites for hydroxylation is 2. The fourth-order valence-electron chi connectivity index (χ4n) is 2.19. The maximum atomic E-state index is 13.5. The highest BCUT2D eigenvalue weighted by atomic mass is 19.1. The fourth-order valence-corrected chi connectivity index (χ4v) is 2.19. The van der Waals surface area contributed by atoms with Crippen LogP contribution < -0.4 is 5.32 Å². The number of aromatic nitrogens is 2. The first kappa shape index (κ1) is 16.8. The highest BCUT2D eigenvalue weighted by Gasteiger charge is 2.11. The van der Waals surface area contributed by atoms with Crippen LogP contribution >= 0.6 is 0 Å². The molecule has 0 fully saturated rings. The Morgan fingerprint density at radius 2 is 1.92 bits per heavy atom. The van der Waals surface area contributed by atoms with E-state index < -0.39 is 0 Å². The number of rotatable bonds is 5. The zero-order chi connectivity index (χ0) is 17.8. The molecular weight excluding hydrogens is 328 g/mol. The second kappa shape index (κ2) is 7.21. The Morgan fingerprint density at radius 1 is 1.16 bits per heavy atom. The molecule has 3 aromatic rings. The van der Waals surface area contributed by atoms with Crippen LogP contribution in [0, 0.1) is 18.6 Å². The minimum atomic E-state index is -0.376. The molecule has 25 heavy (non-hydrogen) atoms. The van der Waals surface area contributed by atoms with Gasteiger partial charge in [-0.05, 0) is 48.9 Å². The van der Waals surface area contributed by atoms with E-state index in [0.29, 0.717) is 28.5 Å². The Balaban J connectivity index is 1.57. The standard InChI is InChI=1S/C18H15F2N3O2/c1-11-2-7-14(10-15(11)20)21-16(24)8-9-17-22-18(23-25-17)12-3-5-13(19)6-4-12/h2-7,10H,8-9H2,1H3,(H,21,24). The molecule has 128 valence electrons. The number of hydrogen-bond acceptors (Lipinski definition) is 4. The number of anilines is 1. The molecule has 1 heterocycles. The van der Waals surface area contributed by atoms with Gasteiger partial charge in [0.05, 0.1) is 0 Å². The topological polar surface area (TPSA) is 68.0 Å². The van der Waals surface area contributed by atoms with Crippen molar-refractivity contribution in [2.24, 2.45) is 0 Å². The van der Waals surface area contributed by atoms with Crippen LogP contribution in [0.15, 0.2) is 47.0 Å². The number of carbonyl (C=O) groups is 1. The van der Waals surface area contributed by atoms with Gasteiger partial charge in [-0.25, -0.2) is 8.78 Å². The summed E-state index contributed by atoms with van der Waals surface area (Å²) in [6, 6.07) is 10.2. The third-order valence-electron chi connectivity index (χ3n) is 3.59. The van der Waals surface area contributed by atoms with Crippen LogP contribution in [0.5, 0.6) is 0 Å². The Bertz CT molecular complexity index is 892. The normalized spacial score (nSPS) is 10.7. The van der Waals surface area contributed by atoms with Gasteiger partial charge in [-0.15, -0.1) is 0 Å². The van der Waals surface area contributed by atoms with Crippen molar-refractivity contribution in [2.45, 2.75) is 19.8 Å². The van der Waals surface area contributed by atoms with Crippen molar-refractivity contribution >= 4 is 11.6 Å². The maximum Gasteiger partial charge on any atom is 0.227 e. The molecule has 0 saturated heterocycles. The van der Waals surface area contributed by atoms with Crippen LogP contribution in [0.25, 0.3) is 11.4 Å². The third kappa shape index (κ3) is 4.26. The summed E-state index contributed by atoms with van der Waals surface area (Å²) in [6.07, 6.45) is 0.356. The highest BCUT2D eigenvalue weighted by Crippen LogP contribution is 2.17. The predicted molar refractivity (Wildman–Crippen MR) is 87.8 cm³/mol. The lowest BCUT2D eigenvalue weighted by atomic mass is 10.2. The average molecular weight is 343 g/mol. The first-order valence-corrected chi connectivity index (χ1v) is 7.66. The molecule has 1 aromatic heterocycles. The van der Waals surface area contributed by atoms with Crippen LogP contribution in [0.1, 0.15) is 17.9 Å². The molecule has 0 unspecified atom stereocenters. The zero-order valence-electron chi connectivity index (χ0n) is 13.4. The minimum absolute atomic E-state index is 0.112. The van der Waals surface area contributed by atoms with Crippen molar-refractivity contribution in [2.75, 3.05) is 5.32 Å². The Labute approximate surface area is 142 Å². The molecule has 5 nitrogen and oxygen atoms in total. The summed E-state index contributed by atoms with van der Waals surface area (Å²) in [6.45, 7) is 1.65. The lowest BCUT2D eigenvalue weighted by Crippen LogP contribution is -2.12. The second-order valence-electron chi connectivity index (χ2n) is 5.53. The van der Waals surface area contributed by atoms with Crippen LogP contribution in [-0.4, -0.2) is 16.0 Å². The second-order valence-corrected chi connectivity index (χ2v) is 5.53. The highest BCUT2D eigenvalue weighted by molar-refractivity contribution is 5.90. The van der Waals surface area contributed by atoms with Gasteiger partial charge < -0.3 is 9.84 Å². The van der Waals surface area contributed by atoms with Gasteiger partial charge >= 0.3 is 0 Å². The molecule has 7 heteroatoms. The van der Waals surface area contributed by atoms with Gasteiger partial charge in [0.2, 0.25) is 17.6 Å². The Kier molecular flexibility index (Phi) is 4.83. The van der Waals surface area contributed by atoms with Gasteiger partial charge in [0.1, 0.15) is 11.6 Å². The molecule has 1 amide bonds. The van der Waals surface area contributed by atoms with Crippen molar-refractivity contribution in [3.05, 3.63) is 65.6 Å². The number of nitrogens with one attached hydrogen (secondary N) is 1. The first-order valence-electron chi connectivity index (χ1n) is 7.66. The molecular formula is C18H15F2N3O2.